The van der Waals surface area contributed by atoms with E-state index >= 15 is 0 Å². The fraction of sp³-hybridized carbons (Fsp3) is 0.571. The molecule has 0 aromatic carbocycles. The number of carbonyl (C=O) groups excluding carboxylic acids is 2. The maximum absolute atomic E-state index is 12.5. The molecule has 2 saturated carbocycles. The summed E-state index contributed by atoms with van der Waals surface area (Å²) in [5, 5.41) is 0. The number of rotatable bonds is 0. The maximum Gasteiger partial charge on any atom is 0.164 e. The molecule has 0 aromatic heterocycles. The predicted molar refractivity (Wildman–Crippen MR) is 60.7 cm³/mol. The van der Waals surface area contributed by atoms with Crippen molar-refractivity contribution >= 4 is 11.6 Å². The summed E-state index contributed by atoms with van der Waals surface area (Å²) >= 11 is 0. The SMILES string of the molecule is CC1(C)[C@@H]2C(=O)C3=CC=CC[C@@]3(C)C(=O)[C@@H]21. The first-order valence-corrected chi connectivity index (χ1v) is 5.86. The first-order valence-electron chi connectivity index (χ1n) is 5.86. The number of carbonyl (C=O) groups is 2. The molecular formula is C14H16O2. The largest absolute Gasteiger partial charge is 0.298 e. The lowest BCUT2D eigenvalue weighted by Gasteiger charge is -2.34. The van der Waals surface area contributed by atoms with Crippen molar-refractivity contribution in [2.75, 3.05) is 0 Å². The van der Waals surface area contributed by atoms with Crippen LogP contribution in [-0.4, -0.2) is 11.6 Å². The van der Waals surface area contributed by atoms with E-state index in [0.717, 1.165) is 5.57 Å². The van der Waals surface area contributed by atoms with Gasteiger partial charge in [-0.05, 0) is 18.8 Å². The third-order valence-corrected chi connectivity index (χ3v) is 4.72. The van der Waals surface area contributed by atoms with E-state index in [9.17, 15) is 9.59 Å². The molecule has 3 atom stereocenters. The van der Waals surface area contributed by atoms with Crippen LogP contribution >= 0.6 is 0 Å². The van der Waals surface area contributed by atoms with Gasteiger partial charge in [-0.2, -0.15) is 0 Å². The van der Waals surface area contributed by atoms with Crippen molar-refractivity contribution in [3.05, 3.63) is 23.8 Å². The molecule has 3 aliphatic rings. The second-order valence-electron chi connectivity index (χ2n) is 6.05. The second-order valence-corrected chi connectivity index (χ2v) is 6.05. The van der Waals surface area contributed by atoms with Crippen molar-refractivity contribution < 1.29 is 9.59 Å². The normalized spacial score (nSPS) is 43.6. The Kier molecular flexibility index (Phi) is 1.60. The third-order valence-electron chi connectivity index (χ3n) is 4.72. The molecule has 3 aliphatic carbocycles. The topological polar surface area (TPSA) is 34.1 Å². The molecule has 0 spiro atoms. The van der Waals surface area contributed by atoms with E-state index in [2.05, 4.69) is 0 Å². The summed E-state index contributed by atoms with van der Waals surface area (Å²) in [5.41, 5.74) is 0.0858. The highest BCUT2D eigenvalue weighted by Crippen LogP contribution is 2.66. The summed E-state index contributed by atoms with van der Waals surface area (Å²) in [5.74, 6) is 0.402. The molecule has 0 heterocycles. The Bertz CT molecular complexity index is 467. The average Bonchev–Trinajstić information content (AvgIpc) is 2.79. The van der Waals surface area contributed by atoms with E-state index in [0.29, 0.717) is 6.42 Å². The monoisotopic (exact) mass is 216 g/mol. The lowest BCUT2D eigenvalue weighted by molar-refractivity contribution is -0.134. The fourth-order valence-electron chi connectivity index (χ4n) is 3.48. The van der Waals surface area contributed by atoms with Gasteiger partial charge in [0.2, 0.25) is 0 Å². The number of allylic oxidation sites excluding steroid dienone is 4. The van der Waals surface area contributed by atoms with E-state index in [1.807, 2.05) is 39.0 Å². The van der Waals surface area contributed by atoms with Crippen molar-refractivity contribution in [1.29, 1.82) is 0 Å². The molecule has 0 unspecified atom stereocenters. The molecule has 16 heavy (non-hydrogen) atoms. The molecule has 0 amide bonds. The molecule has 2 heteroatoms. The van der Waals surface area contributed by atoms with Gasteiger partial charge in [0.1, 0.15) is 5.78 Å². The van der Waals surface area contributed by atoms with Crippen LogP contribution in [0.25, 0.3) is 0 Å². The van der Waals surface area contributed by atoms with Crippen molar-refractivity contribution in [1.82, 2.24) is 0 Å². The second kappa shape index (κ2) is 2.55. The van der Waals surface area contributed by atoms with Crippen LogP contribution in [0.15, 0.2) is 23.8 Å². The molecule has 3 rings (SSSR count). The van der Waals surface area contributed by atoms with Gasteiger partial charge in [0, 0.05) is 17.4 Å². The van der Waals surface area contributed by atoms with Crippen LogP contribution in [-0.2, 0) is 9.59 Å². The van der Waals surface area contributed by atoms with Crippen molar-refractivity contribution in [3.8, 4) is 0 Å². The van der Waals surface area contributed by atoms with Gasteiger partial charge >= 0.3 is 0 Å². The number of fused-ring (bicyclic) bond motifs is 2. The summed E-state index contributed by atoms with van der Waals surface area (Å²) in [4.78, 5) is 24.8. The quantitative estimate of drug-likeness (QED) is 0.622. The summed E-state index contributed by atoms with van der Waals surface area (Å²) < 4.78 is 0. The van der Waals surface area contributed by atoms with E-state index < -0.39 is 5.41 Å². The van der Waals surface area contributed by atoms with Crippen molar-refractivity contribution in [2.24, 2.45) is 22.7 Å². The van der Waals surface area contributed by atoms with E-state index in [1.165, 1.54) is 0 Å². The minimum absolute atomic E-state index is 0.0337. The Hall–Kier alpha value is -1.18. The van der Waals surface area contributed by atoms with Crippen molar-refractivity contribution in [3.63, 3.8) is 0 Å². The summed E-state index contributed by atoms with van der Waals surface area (Å²) in [6.45, 7) is 5.99. The molecule has 0 N–H and O–H groups in total. The Morgan fingerprint density at radius 2 is 1.88 bits per heavy atom. The zero-order valence-electron chi connectivity index (χ0n) is 9.91. The molecule has 84 valence electrons. The Morgan fingerprint density at radius 3 is 2.56 bits per heavy atom. The number of Topliss-reactive ketones (excluding diaryl/α,β-unsaturated/α-hetero) is 2. The van der Waals surface area contributed by atoms with Crippen LogP contribution < -0.4 is 0 Å². The van der Waals surface area contributed by atoms with Crippen LogP contribution in [0, 0.1) is 22.7 Å². The van der Waals surface area contributed by atoms with E-state index in [1.54, 1.807) is 0 Å². The number of hydrogen-bond donors (Lipinski definition) is 0. The summed E-state index contributed by atoms with van der Waals surface area (Å²) in [7, 11) is 0. The van der Waals surface area contributed by atoms with Gasteiger partial charge in [-0.1, -0.05) is 32.1 Å². The molecule has 0 aliphatic heterocycles. The predicted octanol–water partition coefficient (Wildman–Crippen LogP) is 2.30. The molecule has 2 fully saturated rings. The van der Waals surface area contributed by atoms with Crippen LogP contribution in [0.5, 0.6) is 0 Å². The Balaban J connectivity index is 2.14. The van der Waals surface area contributed by atoms with Gasteiger partial charge in [0.25, 0.3) is 0 Å². The summed E-state index contributed by atoms with van der Waals surface area (Å²) in [6, 6.07) is 0. The van der Waals surface area contributed by atoms with Crippen LogP contribution in [0.1, 0.15) is 27.2 Å². The van der Waals surface area contributed by atoms with Crippen LogP contribution in [0.4, 0.5) is 0 Å². The molecular weight excluding hydrogens is 200 g/mol. The van der Waals surface area contributed by atoms with Gasteiger partial charge in [-0.15, -0.1) is 0 Å². The van der Waals surface area contributed by atoms with Gasteiger partial charge in [0.15, 0.2) is 5.78 Å². The summed E-state index contributed by atoms with van der Waals surface area (Å²) in [6.07, 6.45) is 6.42. The molecule has 0 aromatic rings. The van der Waals surface area contributed by atoms with Crippen LogP contribution in [0.3, 0.4) is 0 Å². The standard InChI is InChI=1S/C14H16O2/c1-13(2)9-10(13)12(16)14(3)7-5-4-6-8(14)11(9)15/h4-6,9-10H,7H2,1-3H3/t9-,10+,14+/m0/s1. The minimum atomic E-state index is -0.541. The molecule has 0 saturated heterocycles. The maximum atomic E-state index is 12.5. The fourth-order valence-corrected chi connectivity index (χ4v) is 3.48. The number of hydrogen-bond acceptors (Lipinski definition) is 2. The van der Waals surface area contributed by atoms with Crippen LogP contribution in [0.2, 0.25) is 0 Å². The third kappa shape index (κ3) is 0.892. The first kappa shape index (κ1) is 10.0. The highest BCUT2D eigenvalue weighted by molar-refractivity contribution is 6.16. The molecule has 2 nitrogen and oxygen atoms in total. The zero-order chi connectivity index (χ0) is 11.7. The lowest BCUT2D eigenvalue weighted by Crippen LogP contribution is -2.40. The Morgan fingerprint density at radius 1 is 1.19 bits per heavy atom. The minimum Gasteiger partial charge on any atom is -0.298 e. The van der Waals surface area contributed by atoms with E-state index in [4.69, 9.17) is 0 Å². The lowest BCUT2D eigenvalue weighted by atomic mass is 9.66. The Labute approximate surface area is 95.4 Å². The zero-order valence-corrected chi connectivity index (χ0v) is 9.91. The molecule has 0 bridgehead atoms. The highest BCUT2D eigenvalue weighted by atomic mass is 16.1. The van der Waals surface area contributed by atoms with Crippen molar-refractivity contribution in [2.45, 2.75) is 27.2 Å². The van der Waals surface area contributed by atoms with E-state index in [-0.39, 0.29) is 28.8 Å². The number of ketones is 2. The molecule has 0 radical (unpaired) electrons. The average molecular weight is 216 g/mol. The first-order chi connectivity index (χ1) is 7.40. The van der Waals surface area contributed by atoms with Gasteiger partial charge < -0.3 is 0 Å². The van der Waals surface area contributed by atoms with Gasteiger partial charge in [-0.25, -0.2) is 0 Å². The van der Waals surface area contributed by atoms with Gasteiger partial charge in [0.05, 0.1) is 5.41 Å². The highest BCUT2D eigenvalue weighted by Gasteiger charge is 2.71. The smallest absolute Gasteiger partial charge is 0.164 e. The van der Waals surface area contributed by atoms with Gasteiger partial charge in [-0.3, -0.25) is 9.59 Å².